The number of nitrogens with zero attached hydrogens (tertiary/aromatic N) is 11. The average Bonchev–Trinajstić information content (AvgIpc) is 4.14. The molecule has 8 aromatic rings. The number of halogens is 4. The maximum absolute atomic E-state index is 13.7. The summed E-state index contributed by atoms with van der Waals surface area (Å²) in [6, 6.07) is 9.97. The fraction of sp³-hybridized carbons (Fsp3) is 0.400. The molecule has 21 nitrogen and oxygen atoms in total. The van der Waals surface area contributed by atoms with Gasteiger partial charge in [0.15, 0.2) is 11.3 Å². The number of H-pyrrole nitrogens is 1. The Labute approximate surface area is 445 Å². The number of amides is 4. The van der Waals surface area contributed by atoms with E-state index in [0.29, 0.717) is 61.8 Å². The summed E-state index contributed by atoms with van der Waals surface area (Å²) >= 11 is 12.3. The van der Waals surface area contributed by atoms with Crippen LogP contribution in [0, 0.1) is 0 Å². The molecule has 10 rings (SSSR count). The minimum absolute atomic E-state index is 0.00106. The Kier molecular flexibility index (Phi) is 15.8. The summed E-state index contributed by atoms with van der Waals surface area (Å²) in [4.78, 5) is 76.5. The van der Waals surface area contributed by atoms with E-state index in [1.807, 2.05) is 31.3 Å². The molecular formula is C50H56Cl2F2N14O7Si. The molecule has 6 aromatic heterocycles. The number of alkyl halides is 2. The molecule has 26 heteroatoms. The first-order chi connectivity index (χ1) is 36.3. The summed E-state index contributed by atoms with van der Waals surface area (Å²) in [5, 5.41) is 17.5. The molecule has 2 aromatic carbocycles. The summed E-state index contributed by atoms with van der Waals surface area (Å²) in [5.41, 5.74) is 5.78. The van der Waals surface area contributed by atoms with E-state index >= 15 is 0 Å². The third-order valence-electron chi connectivity index (χ3n) is 12.9. The third-order valence-corrected chi connectivity index (χ3v) is 15.1. The molecule has 400 valence electrons. The first-order valence-corrected chi connectivity index (χ1v) is 28.7. The van der Waals surface area contributed by atoms with Crippen molar-refractivity contribution in [2.75, 3.05) is 60.2 Å². The van der Waals surface area contributed by atoms with E-state index in [1.165, 1.54) is 30.2 Å². The van der Waals surface area contributed by atoms with Gasteiger partial charge in [-0.25, -0.2) is 28.7 Å². The highest BCUT2D eigenvalue weighted by Crippen LogP contribution is 2.32. The molecule has 3 N–H and O–H groups in total. The highest BCUT2D eigenvalue weighted by molar-refractivity contribution is 6.76. The van der Waals surface area contributed by atoms with Crippen LogP contribution in [0.25, 0.3) is 66.9 Å². The maximum atomic E-state index is 13.7. The standard InChI is InChI=1S/C28H35ClFN7O4Si.C22H21ClFN7O3/c1-35-23-10-17(29)6-7-19(23)24(34-35)21-11-31-26-25(32-21)20(14-37(26)16-41-8-9-42(3,4)5)27(38)33-22(15-40-2)28(39)36-12-18(30)13-36;1-30-17-5-11(23)3-4-13(17)18(29-30)15-7-26-20-19(27-15)14(6-25-20)21(32)28-16(10-34-2)22(33)31-8-12(24)9-31/h6-7,10-11,14,18,22H,8-9,12-13,15-16H2,1-5H3,(H,33,38);3-7,12,16H,8-10H2,1-2H3,(H,25,26)(H,28,32)/t22-;16-/m11/s1. The number of rotatable bonds is 17. The topological polar surface area (TPSA) is 234 Å². The Morgan fingerprint density at radius 2 is 1.25 bits per heavy atom. The molecule has 0 saturated carbocycles. The summed E-state index contributed by atoms with van der Waals surface area (Å²) < 4.78 is 48.0. The second kappa shape index (κ2) is 22.3. The van der Waals surface area contributed by atoms with Gasteiger partial charge in [-0.3, -0.25) is 28.5 Å². The molecule has 0 bridgehead atoms. The van der Waals surface area contributed by atoms with Crippen LogP contribution in [-0.2, 0) is 44.6 Å². The van der Waals surface area contributed by atoms with E-state index in [2.05, 4.69) is 60.4 Å². The molecule has 0 aliphatic carbocycles. The van der Waals surface area contributed by atoms with Gasteiger partial charge in [-0.15, -0.1) is 0 Å². The number of benzene rings is 2. The van der Waals surface area contributed by atoms with E-state index in [9.17, 15) is 28.0 Å². The summed E-state index contributed by atoms with van der Waals surface area (Å²) in [7, 11) is 5.19. The third kappa shape index (κ3) is 11.4. The van der Waals surface area contributed by atoms with E-state index in [4.69, 9.17) is 42.4 Å². The number of aromatic nitrogens is 10. The Bertz CT molecular complexity index is 3500. The fourth-order valence-electron chi connectivity index (χ4n) is 8.79. The fourth-order valence-corrected chi connectivity index (χ4v) is 9.88. The molecule has 2 atom stereocenters. The first-order valence-electron chi connectivity index (χ1n) is 24.3. The highest BCUT2D eigenvalue weighted by Gasteiger charge is 2.37. The van der Waals surface area contributed by atoms with E-state index in [1.54, 1.807) is 51.7 Å². The number of hydrogen-bond acceptors (Lipinski definition) is 13. The van der Waals surface area contributed by atoms with Crippen LogP contribution in [0.15, 0.2) is 61.2 Å². The molecule has 2 aliphatic heterocycles. The lowest BCUT2D eigenvalue weighted by molar-refractivity contribution is -0.142. The van der Waals surface area contributed by atoms with Crippen LogP contribution in [0.3, 0.4) is 0 Å². The van der Waals surface area contributed by atoms with Crippen LogP contribution >= 0.6 is 23.2 Å². The van der Waals surface area contributed by atoms with Gasteiger partial charge in [0.2, 0.25) is 11.8 Å². The molecule has 4 amide bonds. The van der Waals surface area contributed by atoms with Crippen molar-refractivity contribution in [1.82, 2.24) is 69.5 Å². The van der Waals surface area contributed by atoms with Gasteiger partial charge in [-0.05, 0) is 42.4 Å². The lowest BCUT2D eigenvalue weighted by atomic mass is 10.1. The van der Waals surface area contributed by atoms with Gasteiger partial charge in [0.25, 0.3) is 11.8 Å². The van der Waals surface area contributed by atoms with Crippen LogP contribution in [0.2, 0.25) is 35.7 Å². The zero-order chi connectivity index (χ0) is 54.2. The van der Waals surface area contributed by atoms with Crippen LogP contribution in [0.1, 0.15) is 20.7 Å². The zero-order valence-electron chi connectivity index (χ0n) is 42.7. The molecule has 0 unspecified atom stereocenters. The van der Waals surface area contributed by atoms with Gasteiger partial charge in [-0.2, -0.15) is 10.2 Å². The summed E-state index contributed by atoms with van der Waals surface area (Å²) in [6.07, 6.45) is 4.21. The van der Waals surface area contributed by atoms with E-state index < -0.39 is 56.1 Å². The lowest BCUT2D eigenvalue weighted by Gasteiger charge is -2.36. The monoisotopic (exact) mass is 1100 g/mol. The van der Waals surface area contributed by atoms with Crippen LogP contribution in [-0.4, -0.2) is 175 Å². The van der Waals surface area contributed by atoms with E-state index in [0.717, 1.165) is 27.8 Å². The predicted octanol–water partition coefficient (Wildman–Crippen LogP) is 5.97. The van der Waals surface area contributed by atoms with Gasteiger partial charge in [0.1, 0.15) is 65.0 Å². The van der Waals surface area contributed by atoms with Crippen molar-refractivity contribution in [1.29, 1.82) is 0 Å². The number of nitrogens with one attached hydrogen (secondary N) is 3. The van der Waals surface area contributed by atoms with E-state index in [-0.39, 0.29) is 57.3 Å². The Morgan fingerprint density at radius 3 is 1.75 bits per heavy atom. The van der Waals surface area contributed by atoms with Gasteiger partial charge in [0.05, 0.1) is 73.9 Å². The number of carbonyl (C=O) groups excluding carboxylic acids is 4. The van der Waals surface area contributed by atoms with Crippen LogP contribution in [0.4, 0.5) is 8.78 Å². The van der Waals surface area contributed by atoms with Crippen LogP contribution < -0.4 is 10.6 Å². The molecule has 76 heavy (non-hydrogen) atoms. The molecule has 8 heterocycles. The number of aryl methyl sites for hydroxylation is 2. The minimum Gasteiger partial charge on any atom is -0.382 e. The van der Waals surface area contributed by atoms with Crippen molar-refractivity contribution < 1.29 is 42.2 Å². The number of aromatic amines is 1. The normalized spacial score (nSPS) is 14.9. The molecule has 2 fully saturated rings. The largest absolute Gasteiger partial charge is 0.382 e. The quantitative estimate of drug-likeness (QED) is 0.0706. The second-order valence-electron chi connectivity index (χ2n) is 19.9. The SMILES string of the molecule is COC[C@@H](NC(=O)c1c[nH]c2ncc(-c3nn(C)c4cc(Cl)ccc34)nc12)C(=O)N1CC(F)C1.COC[C@@H](NC(=O)c1cn(COCC[Si](C)(C)C)c2ncc(-c3nn(C)c4cc(Cl)ccc34)nc12)C(=O)N1CC(F)C1. The van der Waals surface area contributed by atoms with Crippen molar-refractivity contribution in [2.45, 2.75) is 56.8 Å². The second-order valence-corrected chi connectivity index (χ2v) is 26.3. The number of ether oxygens (including phenoxy) is 3. The molecular weight excluding hydrogens is 1050 g/mol. The number of hydrogen-bond donors (Lipinski definition) is 3. The van der Waals surface area contributed by atoms with Gasteiger partial charge in [-0.1, -0.05) is 42.8 Å². The van der Waals surface area contributed by atoms with Crippen LogP contribution in [0.5, 0.6) is 0 Å². The summed E-state index contributed by atoms with van der Waals surface area (Å²) in [6.45, 7) is 7.52. The highest BCUT2D eigenvalue weighted by atomic mass is 35.5. The molecule has 2 aliphatic rings. The Balaban J connectivity index is 0.000000190. The first kappa shape index (κ1) is 53.8. The Morgan fingerprint density at radius 1 is 0.750 bits per heavy atom. The molecule has 2 saturated heterocycles. The number of carbonyl (C=O) groups is 4. The Hall–Kier alpha value is -6.96. The smallest absolute Gasteiger partial charge is 0.255 e. The van der Waals surface area contributed by atoms with Gasteiger partial charge >= 0.3 is 0 Å². The maximum Gasteiger partial charge on any atom is 0.255 e. The number of fused-ring (bicyclic) bond motifs is 4. The summed E-state index contributed by atoms with van der Waals surface area (Å²) in [5.74, 6) is -1.85. The lowest BCUT2D eigenvalue weighted by Crippen LogP contribution is -2.59. The molecule has 0 spiro atoms. The molecule has 0 radical (unpaired) electrons. The van der Waals surface area contributed by atoms with Gasteiger partial charge in [0, 0.05) is 76.2 Å². The van der Waals surface area contributed by atoms with Crippen molar-refractivity contribution in [3.8, 4) is 22.8 Å². The average molecular weight is 1100 g/mol. The van der Waals surface area contributed by atoms with Crippen molar-refractivity contribution in [3.05, 3.63) is 82.4 Å². The van der Waals surface area contributed by atoms with Crippen molar-refractivity contribution >= 4 is 99.0 Å². The van der Waals surface area contributed by atoms with Gasteiger partial charge < -0.3 is 44.2 Å². The predicted molar refractivity (Wildman–Crippen MR) is 284 cm³/mol. The number of methoxy groups -OCH3 is 2. The van der Waals surface area contributed by atoms with Crippen molar-refractivity contribution in [2.24, 2.45) is 14.1 Å². The number of likely N-dealkylation sites (tertiary alicyclic amines) is 2. The minimum atomic E-state index is -1.29. The zero-order valence-corrected chi connectivity index (χ0v) is 45.2. The van der Waals surface area contributed by atoms with Crippen molar-refractivity contribution in [3.63, 3.8) is 0 Å².